The molecule has 1 amide bonds. The van der Waals surface area contributed by atoms with Crippen LogP contribution < -0.4 is 5.32 Å². The predicted octanol–water partition coefficient (Wildman–Crippen LogP) is 3.69. The van der Waals surface area contributed by atoms with Crippen LogP contribution in [0.15, 0.2) is 12.1 Å². The number of halogens is 2. The van der Waals surface area contributed by atoms with E-state index in [2.05, 4.69) is 17.2 Å². The average Bonchev–Trinajstić information content (AvgIpc) is 3.05. The minimum absolute atomic E-state index is 0. The smallest absolute Gasteiger partial charge is 0.266 e. The summed E-state index contributed by atoms with van der Waals surface area (Å²) in [5.74, 6) is 0.0907. The second-order valence-electron chi connectivity index (χ2n) is 5.09. The molecule has 0 bridgehead atoms. The summed E-state index contributed by atoms with van der Waals surface area (Å²) in [4.78, 5) is 21.0. The molecule has 0 aromatic carbocycles. The fourth-order valence-corrected chi connectivity index (χ4v) is 4.52. The van der Waals surface area contributed by atoms with Gasteiger partial charge in [0.25, 0.3) is 5.91 Å². The van der Waals surface area contributed by atoms with Gasteiger partial charge < -0.3 is 10.2 Å². The Morgan fingerprint density at radius 2 is 2.23 bits per heavy atom. The SMILES string of the molecule is Cc1nc(-c2ccc(Cl)s2)sc1C(=O)N1CCNC[C@@H]1C.Cl. The minimum Gasteiger partial charge on any atom is -0.333 e. The van der Waals surface area contributed by atoms with E-state index in [0.717, 1.165) is 44.4 Å². The lowest BCUT2D eigenvalue weighted by atomic mass is 10.2. The van der Waals surface area contributed by atoms with Crippen LogP contribution in [0.25, 0.3) is 9.88 Å². The summed E-state index contributed by atoms with van der Waals surface area (Å²) in [5, 5.41) is 4.17. The van der Waals surface area contributed by atoms with Crippen LogP contribution in [0.2, 0.25) is 4.34 Å². The lowest BCUT2D eigenvalue weighted by Gasteiger charge is -2.33. The van der Waals surface area contributed by atoms with Gasteiger partial charge in [0.1, 0.15) is 9.88 Å². The highest BCUT2D eigenvalue weighted by atomic mass is 35.5. The third kappa shape index (κ3) is 3.46. The molecule has 1 aliphatic rings. The van der Waals surface area contributed by atoms with Gasteiger partial charge in [-0.1, -0.05) is 11.6 Å². The molecule has 1 aliphatic heterocycles. The van der Waals surface area contributed by atoms with E-state index >= 15 is 0 Å². The Morgan fingerprint density at radius 3 is 2.86 bits per heavy atom. The van der Waals surface area contributed by atoms with Crippen molar-refractivity contribution in [1.29, 1.82) is 0 Å². The number of carbonyl (C=O) groups is 1. The monoisotopic (exact) mass is 377 g/mol. The van der Waals surface area contributed by atoms with E-state index in [-0.39, 0.29) is 24.4 Å². The van der Waals surface area contributed by atoms with Gasteiger partial charge in [-0.15, -0.1) is 35.1 Å². The summed E-state index contributed by atoms with van der Waals surface area (Å²) in [5.41, 5.74) is 0.801. The molecule has 0 spiro atoms. The first-order valence-electron chi connectivity index (χ1n) is 6.81. The molecule has 2 aromatic rings. The summed E-state index contributed by atoms with van der Waals surface area (Å²) < 4.78 is 0.737. The van der Waals surface area contributed by atoms with E-state index < -0.39 is 0 Å². The van der Waals surface area contributed by atoms with E-state index in [0.29, 0.717) is 0 Å². The van der Waals surface area contributed by atoms with Crippen LogP contribution in [0.5, 0.6) is 0 Å². The van der Waals surface area contributed by atoms with Gasteiger partial charge in [-0.3, -0.25) is 4.79 Å². The van der Waals surface area contributed by atoms with Gasteiger partial charge in [0.05, 0.1) is 14.9 Å². The second-order valence-corrected chi connectivity index (χ2v) is 7.80. The highest BCUT2D eigenvalue weighted by Gasteiger charge is 2.27. The van der Waals surface area contributed by atoms with Crippen LogP contribution in [0.1, 0.15) is 22.3 Å². The first-order chi connectivity index (χ1) is 10.1. The Bertz CT molecular complexity index is 671. The second kappa shape index (κ2) is 7.27. The molecule has 0 aliphatic carbocycles. The minimum atomic E-state index is 0. The van der Waals surface area contributed by atoms with Crippen molar-refractivity contribution in [2.24, 2.45) is 0 Å². The maximum Gasteiger partial charge on any atom is 0.266 e. The molecule has 3 heterocycles. The number of hydrogen-bond acceptors (Lipinski definition) is 5. The number of carbonyl (C=O) groups excluding carboxylic acids is 1. The van der Waals surface area contributed by atoms with Crippen molar-refractivity contribution < 1.29 is 4.79 Å². The number of amides is 1. The zero-order valence-electron chi connectivity index (χ0n) is 12.3. The summed E-state index contributed by atoms with van der Waals surface area (Å²) in [6, 6.07) is 4.03. The Morgan fingerprint density at radius 1 is 1.45 bits per heavy atom. The molecule has 120 valence electrons. The zero-order chi connectivity index (χ0) is 15.0. The molecule has 0 radical (unpaired) electrons. The van der Waals surface area contributed by atoms with Gasteiger partial charge in [-0.25, -0.2) is 4.98 Å². The van der Waals surface area contributed by atoms with Crippen LogP contribution in [-0.4, -0.2) is 41.5 Å². The zero-order valence-corrected chi connectivity index (χ0v) is 15.5. The fourth-order valence-electron chi connectivity index (χ4n) is 2.40. The van der Waals surface area contributed by atoms with E-state index in [1.54, 1.807) is 0 Å². The summed E-state index contributed by atoms with van der Waals surface area (Å²) in [6.45, 7) is 6.41. The number of aromatic nitrogens is 1. The van der Waals surface area contributed by atoms with Gasteiger partial charge in [0.15, 0.2) is 0 Å². The van der Waals surface area contributed by atoms with Gasteiger partial charge in [-0.2, -0.15) is 0 Å². The fraction of sp³-hybridized carbons (Fsp3) is 0.429. The van der Waals surface area contributed by atoms with E-state index in [1.807, 2.05) is 24.0 Å². The van der Waals surface area contributed by atoms with E-state index in [9.17, 15) is 4.79 Å². The Labute approximate surface area is 148 Å². The van der Waals surface area contributed by atoms with Gasteiger partial charge in [0.2, 0.25) is 0 Å². The molecule has 1 saturated heterocycles. The van der Waals surface area contributed by atoms with Crippen molar-refractivity contribution in [1.82, 2.24) is 15.2 Å². The highest BCUT2D eigenvalue weighted by molar-refractivity contribution is 7.24. The highest BCUT2D eigenvalue weighted by Crippen LogP contribution is 2.35. The summed E-state index contributed by atoms with van der Waals surface area (Å²) in [7, 11) is 0. The summed E-state index contributed by atoms with van der Waals surface area (Å²) >= 11 is 8.92. The third-order valence-electron chi connectivity index (χ3n) is 3.54. The molecule has 0 saturated carbocycles. The quantitative estimate of drug-likeness (QED) is 0.867. The number of aryl methyl sites for hydroxylation is 1. The van der Waals surface area contributed by atoms with Gasteiger partial charge in [0, 0.05) is 25.7 Å². The molecule has 4 nitrogen and oxygen atoms in total. The number of hydrogen-bond donors (Lipinski definition) is 1. The Balaban J connectivity index is 0.00000176. The molecule has 0 unspecified atom stereocenters. The normalized spacial score (nSPS) is 18.1. The predicted molar refractivity (Wildman–Crippen MR) is 95.8 cm³/mol. The van der Waals surface area contributed by atoms with Crippen molar-refractivity contribution in [2.75, 3.05) is 19.6 Å². The maximum absolute atomic E-state index is 12.7. The van der Waals surface area contributed by atoms with Crippen LogP contribution in [0.4, 0.5) is 0 Å². The van der Waals surface area contributed by atoms with Crippen LogP contribution in [0, 0.1) is 6.92 Å². The third-order valence-corrected chi connectivity index (χ3v) is 6.08. The topological polar surface area (TPSA) is 45.2 Å². The molecule has 8 heteroatoms. The maximum atomic E-state index is 12.7. The number of rotatable bonds is 2. The molecule has 1 N–H and O–H groups in total. The molecule has 1 fully saturated rings. The Hall–Kier alpha value is -0.660. The number of piperazine rings is 1. The van der Waals surface area contributed by atoms with Crippen molar-refractivity contribution in [3.8, 4) is 9.88 Å². The van der Waals surface area contributed by atoms with Crippen LogP contribution in [0.3, 0.4) is 0 Å². The first kappa shape index (κ1) is 17.7. The lowest BCUT2D eigenvalue weighted by Crippen LogP contribution is -2.52. The number of nitrogens with one attached hydrogen (secondary N) is 1. The van der Waals surface area contributed by atoms with Gasteiger partial charge in [-0.05, 0) is 26.0 Å². The molecule has 1 atom stereocenters. The molecule has 2 aromatic heterocycles. The van der Waals surface area contributed by atoms with Crippen LogP contribution >= 0.6 is 46.7 Å². The molecular formula is C14H17Cl2N3OS2. The van der Waals surface area contributed by atoms with Crippen molar-refractivity contribution >= 4 is 52.6 Å². The van der Waals surface area contributed by atoms with Crippen molar-refractivity contribution in [3.63, 3.8) is 0 Å². The van der Waals surface area contributed by atoms with Crippen molar-refractivity contribution in [3.05, 3.63) is 27.0 Å². The molecular weight excluding hydrogens is 361 g/mol. The van der Waals surface area contributed by atoms with Gasteiger partial charge >= 0.3 is 0 Å². The van der Waals surface area contributed by atoms with E-state index in [4.69, 9.17) is 11.6 Å². The number of thiophene rings is 1. The molecule has 3 rings (SSSR count). The molecule has 22 heavy (non-hydrogen) atoms. The largest absolute Gasteiger partial charge is 0.333 e. The number of nitrogens with zero attached hydrogens (tertiary/aromatic N) is 2. The van der Waals surface area contributed by atoms with Crippen LogP contribution in [-0.2, 0) is 0 Å². The summed E-state index contributed by atoms with van der Waals surface area (Å²) in [6.07, 6.45) is 0. The lowest BCUT2D eigenvalue weighted by molar-refractivity contribution is 0.0660. The number of thiazole rings is 1. The average molecular weight is 378 g/mol. The Kier molecular flexibility index (Phi) is 5.85. The standard InChI is InChI=1S/C14H16ClN3OS2.ClH/c1-8-7-16-5-6-18(8)14(19)12-9(2)17-13(21-12)10-3-4-11(15)20-10;/h3-4,8,16H,5-7H2,1-2H3;1H/t8-;/m0./s1. The van der Waals surface area contributed by atoms with Crippen molar-refractivity contribution in [2.45, 2.75) is 19.9 Å². The first-order valence-corrected chi connectivity index (χ1v) is 8.82. The van der Waals surface area contributed by atoms with E-state index in [1.165, 1.54) is 22.7 Å².